The molecule has 2 heterocycles. The molecule has 3 fully saturated rings. The van der Waals surface area contributed by atoms with Gasteiger partial charge in [-0.15, -0.1) is 0 Å². The van der Waals surface area contributed by atoms with E-state index in [1.807, 2.05) is 12.1 Å². The molecule has 2 aromatic carbocycles. The van der Waals surface area contributed by atoms with Gasteiger partial charge in [-0.05, 0) is 54.9 Å². The molecule has 0 amide bonds. The largest absolute Gasteiger partial charge is 0.497 e. The minimum Gasteiger partial charge on any atom is -0.497 e. The molecule has 5 rings (SSSR count). The van der Waals surface area contributed by atoms with E-state index in [2.05, 4.69) is 61.2 Å². The van der Waals surface area contributed by atoms with Crippen molar-refractivity contribution in [2.24, 2.45) is 17.8 Å². The third kappa shape index (κ3) is 2.49. The van der Waals surface area contributed by atoms with Crippen molar-refractivity contribution in [2.75, 3.05) is 20.2 Å². The number of rotatable bonds is 5. The van der Waals surface area contributed by atoms with Crippen LogP contribution in [0.15, 0.2) is 54.6 Å². The van der Waals surface area contributed by atoms with Gasteiger partial charge in [-0.3, -0.25) is 4.90 Å². The van der Waals surface area contributed by atoms with Crippen LogP contribution in [0.5, 0.6) is 5.75 Å². The Morgan fingerprint density at radius 2 is 1.79 bits per heavy atom. The van der Waals surface area contributed by atoms with Crippen LogP contribution in [0.4, 0.5) is 0 Å². The van der Waals surface area contributed by atoms with Crippen molar-refractivity contribution in [3.8, 4) is 5.75 Å². The Hall–Kier alpha value is -1.84. The summed E-state index contributed by atoms with van der Waals surface area (Å²) < 4.78 is 12.2. The molecule has 0 bridgehead atoms. The van der Waals surface area contributed by atoms with E-state index in [-0.39, 0.29) is 11.1 Å². The van der Waals surface area contributed by atoms with Crippen molar-refractivity contribution in [1.82, 2.24) is 4.90 Å². The molecule has 0 aromatic heterocycles. The number of methoxy groups -OCH3 is 1. The molecule has 2 aliphatic heterocycles. The maximum absolute atomic E-state index is 6.92. The molecule has 3 heteroatoms. The summed E-state index contributed by atoms with van der Waals surface area (Å²) in [6.07, 6.45) is 2.60. The highest BCUT2D eigenvalue weighted by Crippen LogP contribution is 2.64. The summed E-state index contributed by atoms with van der Waals surface area (Å²) >= 11 is 0. The second kappa shape index (κ2) is 6.60. The van der Waals surface area contributed by atoms with Crippen LogP contribution >= 0.6 is 0 Å². The maximum Gasteiger partial charge on any atom is 0.118 e. The van der Waals surface area contributed by atoms with E-state index in [4.69, 9.17) is 9.47 Å². The smallest absolute Gasteiger partial charge is 0.118 e. The predicted molar refractivity (Wildman–Crippen MR) is 111 cm³/mol. The highest BCUT2D eigenvalue weighted by atomic mass is 16.5. The molecule has 1 saturated carbocycles. The van der Waals surface area contributed by atoms with Gasteiger partial charge in [0.1, 0.15) is 11.4 Å². The van der Waals surface area contributed by atoms with Gasteiger partial charge in [0.2, 0.25) is 0 Å². The number of hydrogen-bond donors (Lipinski definition) is 0. The van der Waals surface area contributed by atoms with Crippen molar-refractivity contribution in [3.05, 3.63) is 65.7 Å². The summed E-state index contributed by atoms with van der Waals surface area (Å²) in [6.45, 7) is 7.81. The van der Waals surface area contributed by atoms with E-state index in [9.17, 15) is 0 Å². The van der Waals surface area contributed by atoms with Crippen LogP contribution in [0.2, 0.25) is 0 Å². The first-order valence-electron chi connectivity index (χ1n) is 10.7. The topological polar surface area (TPSA) is 21.7 Å². The Kier molecular flexibility index (Phi) is 4.29. The average Bonchev–Trinajstić information content (AvgIpc) is 3.30. The first kappa shape index (κ1) is 18.2. The van der Waals surface area contributed by atoms with Crippen LogP contribution in [0.1, 0.15) is 37.8 Å². The highest BCUT2D eigenvalue weighted by molar-refractivity contribution is 5.33. The van der Waals surface area contributed by atoms with E-state index >= 15 is 0 Å². The standard InChI is InChI=1S/C25H31NO2/c1-18-15-26-17-25(20-7-5-4-6-8-20,23-14-13-22(18)24(23,26)2)28-16-19-9-11-21(27-3)12-10-19/h4-12,18,22-23H,13-17H2,1-3H3/t18-,22+,23+,24-,25+/m1/s1. The Labute approximate surface area is 168 Å². The molecule has 3 aliphatic rings. The van der Waals surface area contributed by atoms with Crippen LogP contribution < -0.4 is 4.74 Å². The maximum atomic E-state index is 6.92. The van der Waals surface area contributed by atoms with Crippen LogP contribution in [0, 0.1) is 17.8 Å². The number of ether oxygens (including phenoxy) is 2. The molecule has 0 N–H and O–H groups in total. The van der Waals surface area contributed by atoms with Crippen LogP contribution in [0.3, 0.4) is 0 Å². The Bertz CT molecular complexity index is 835. The minimum absolute atomic E-state index is 0.217. The lowest BCUT2D eigenvalue weighted by atomic mass is 9.73. The van der Waals surface area contributed by atoms with Crippen molar-refractivity contribution < 1.29 is 9.47 Å². The summed E-state index contributed by atoms with van der Waals surface area (Å²) in [5.41, 5.74) is 2.61. The number of nitrogens with zero attached hydrogens (tertiary/aromatic N) is 1. The molecule has 0 spiro atoms. The molecule has 1 aliphatic carbocycles. The molecule has 3 nitrogen and oxygen atoms in total. The van der Waals surface area contributed by atoms with Gasteiger partial charge < -0.3 is 9.47 Å². The van der Waals surface area contributed by atoms with Gasteiger partial charge in [0, 0.05) is 24.5 Å². The Balaban J connectivity index is 1.49. The van der Waals surface area contributed by atoms with Crippen LogP contribution in [-0.2, 0) is 16.9 Å². The lowest BCUT2D eigenvalue weighted by molar-refractivity contribution is -0.0872. The van der Waals surface area contributed by atoms with E-state index in [1.54, 1.807) is 7.11 Å². The van der Waals surface area contributed by atoms with Crippen molar-refractivity contribution in [1.29, 1.82) is 0 Å². The molecule has 2 aromatic rings. The summed E-state index contributed by atoms with van der Waals surface area (Å²) in [5.74, 6) is 3.04. The van der Waals surface area contributed by atoms with Gasteiger partial charge in [0.05, 0.1) is 13.7 Å². The fourth-order valence-electron chi connectivity index (χ4n) is 6.69. The molecule has 148 valence electrons. The summed E-state index contributed by atoms with van der Waals surface area (Å²) in [4.78, 5) is 2.75. The molecule has 28 heavy (non-hydrogen) atoms. The number of hydrogen-bond acceptors (Lipinski definition) is 3. The van der Waals surface area contributed by atoms with E-state index in [0.29, 0.717) is 12.5 Å². The van der Waals surface area contributed by atoms with Crippen molar-refractivity contribution >= 4 is 0 Å². The summed E-state index contributed by atoms with van der Waals surface area (Å²) in [7, 11) is 1.71. The second-order valence-electron chi connectivity index (χ2n) is 9.21. The lowest BCUT2D eigenvalue weighted by Gasteiger charge is -2.38. The van der Waals surface area contributed by atoms with E-state index in [1.165, 1.54) is 30.5 Å². The SMILES string of the molecule is COc1ccc(CO[C@]2(c3ccccc3)CN3C[C@@H](C)[C@@H]4CC[C@H]2[C@@]43C)cc1. The highest BCUT2D eigenvalue weighted by Gasteiger charge is 2.69. The average molecular weight is 378 g/mol. The van der Waals surface area contributed by atoms with E-state index < -0.39 is 0 Å². The molecular weight excluding hydrogens is 346 g/mol. The molecule has 0 radical (unpaired) electrons. The fraction of sp³-hybridized carbons (Fsp3) is 0.520. The van der Waals surface area contributed by atoms with E-state index in [0.717, 1.165) is 24.1 Å². The Morgan fingerprint density at radius 3 is 2.50 bits per heavy atom. The van der Waals surface area contributed by atoms with Gasteiger partial charge >= 0.3 is 0 Å². The third-order valence-corrected chi connectivity index (χ3v) is 8.01. The first-order valence-corrected chi connectivity index (χ1v) is 10.7. The quantitative estimate of drug-likeness (QED) is 0.743. The van der Waals surface area contributed by atoms with Crippen LogP contribution in [0.25, 0.3) is 0 Å². The fourth-order valence-corrected chi connectivity index (χ4v) is 6.69. The zero-order valence-corrected chi connectivity index (χ0v) is 17.2. The van der Waals surface area contributed by atoms with Crippen molar-refractivity contribution in [2.45, 2.75) is 44.4 Å². The molecule has 0 unspecified atom stereocenters. The van der Waals surface area contributed by atoms with Gasteiger partial charge in [-0.1, -0.05) is 49.4 Å². The molecule has 5 atom stereocenters. The normalized spacial score (nSPS) is 36.6. The molecule has 2 saturated heterocycles. The third-order valence-electron chi connectivity index (χ3n) is 8.01. The van der Waals surface area contributed by atoms with Gasteiger partial charge in [-0.2, -0.15) is 0 Å². The van der Waals surface area contributed by atoms with Gasteiger partial charge in [0.25, 0.3) is 0 Å². The first-order chi connectivity index (χ1) is 13.6. The van der Waals surface area contributed by atoms with Crippen molar-refractivity contribution in [3.63, 3.8) is 0 Å². The van der Waals surface area contributed by atoms with Gasteiger partial charge in [-0.25, -0.2) is 0 Å². The zero-order valence-electron chi connectivity index (χ0n) is 17.2. The summed E-state index contributed by atoms with van der Waals surface area (Å²) in [6, 6.07) is 19.3. The Morgan fingerprint density at radius 1 is 1.04 bits per heavy atom. The minimum atomic E-state index is -0.217. The molecular formula is C25H31NO2. The number of benzene rings is 2. The second-order valence-corrected chi connectivity index (χ2v) is 9.21. The van der Waals surface area contributed by atoms with Crippen LogP contribution in [-0.4, -0.2) is 30.6 Å². The zero-order chi connectivity index (χ0) is 19.4. The monoisotopic (exact) mass is 377 g/mol. The van der Waals surface area contributed by atoms with Gasteiger partial charge in [0.15, 0.2) is 0 Å². The predicted octanol–water partition coefficient (Wildman–Crippen LogP) is 4.86. The summed E-state index contributed by atoms with van der Waals surface area (Å²) in [5, 5.41) is 0. The lowest BCUT2D eigenvalue weighted by Crippen LogP contribution is -2.43.